The summed E-state index contributed by atoms with van der Waals surface area (Å²) in [5, 5.41) is 5.13. The fraction of sp³-hybridized carbons (Fsp3) is 0.280. The first-order valence-corrected chi connectivity index (χ1v) is 11.5. The molecule has 1 aromatic heterocycles. The maximum Gasteiger partial charge on any atom is 0.227 e. The van der Waals surface area contributed by atoms with Crippen molar-refractivity contribution in [3.8, 4) is 5.75 Å². The van der Waals surface area contributed by atoms with E-state index >= 15 is 0 Å². The van der Waals surface area contributed by atoms with Crippen LogP contribution in [0.4, 0.5) is 5.69 Å². The van der Waals surface area contributed by atoms with Gasteiger partial charge in [0.2, 0.25) is 11.8 Å². The summed E-state index contributed by atoms with van der Waals surface area (Å²) in [6.45, 7) is 3.08. The third-order valence-electron chi connectivity index (χ3n) is 5.45. The number of fused-ring (bicyclic) bond motifs is 1. The number of aryl methyl sites for hydroxylation is 1. The van der Waals surface area contributed by atoms with Crippen LogP contribution in [0.5, 0.6) is 5.75 Å². The second-order valence-corrected chi connectivity index (χ2v) is 8.45. The van der Waals surface area contributed by atoms with Crippen LogP contribution in [0.2, 0.25) is 0 Å². The van der Waals surface area contributed by atoms with Crippen LogP contribution in [0, 0.1) is 0 Å². The Hall–Kier alpha value is -3.12. The summed E-state index contributed by atoms with van der Waals surface area (Å²) in [6, 6.07) is 19.6. The maximum atomic E-state index is 12.8. The standard InChI is InChI=1S/C25H26N2O3S/c1-2-18-9-11-19(12-10-18)25(22-8-5-17-31-22)26-23(28)13-14-24(29)27-15-16-30-21-7-4-3-6-20(21)27/h3-12,17,25H,2,13-16H2,1H3,(H,26,28). The SMILES string of the molecule is CCc1ccc(C(NC(=O)CCC(=O)N2CCOc3ccccc32)c2cccs2)cc1. The van der Waals surface area contributed by atoms with Crippen molar-refractivity contribution in [1.29, 1.82) is 0 Å². The van der Waals surface area contributed by atoms with Gasteiger partial charge in [-0.2, -0.15) is 0 Å². The molecule has 1 N–H and O–H groups in total. The van der Waals surface area contributed by atoms with Crippen molar-refractivity contribution in [2.45, 2.75) is 32.2 Å². The van der Waals surface area contributed by atoms with Crippen molar-refractivity contribution in [2.75, 3.05) is 18.1 Å². The average Bonchev–Trinajstić information content (AvgIpc) is 3.35. The Kier molecular flexibility index (Phi) is 6.67. The predicted molar refractivity (Wildman–Crippen MR) is 124 cm³/mol. The number of benzene rings is 2. The molecule has 1 aliphatic rings. The number of nitrogens with zero attached hydrogens (tertiary/aromatic N) is 1. The first-order chi connectivity index (χ1) is 15.2. The van der Waals surface area contributed by atoms with E-state index in [1.54, 1.807) is 16.2 Å². The summed E-state index contributed by atoms with van der Waals surface area (Å²) in [5.41, 5.74) is 3.07. The predicted octanol–water partition coefficient (Wildman–Crippen LogP) is 4.72. The molecule has 1 aliphatic heterocycles. The van der Waals surface area contributed by atoms with Crippen molar-refractivity contribution in [1.82, 2.24) is 5.32 Å². The number of carbonyl (C=O) groups is 2. The number of nitrogens with one attached hydrogen (secondary N) is 1. The lowest BCUT2D eigenvalue weighted by atomic mass is 10.0. The van der Waals surface area contributed by atoms with Crippen LogP contribution < -0.4 is 15.0 Å². The number of anilines is 1. The minimum Gasteiger partial charge on any atom is -0.490 e. The Morgan fingerprint density at radius 2 is 1.87 bits per heavy atom. The number of carbonyl (C=O) groups excluding carboxylic acids is 2. The second-order valence-electron chi connectivity index (χ2n) is 7.47. The lowest BCUT2D eigenvalue weighted by Gasteiger charge is -2.29. The van der Waals surface area contributed by atoms with Gasteiger partial charge in [-0.25, -0.2) is 0 Å². The minimum absolute atomic E-state index is 0.0640. The molecule has 0 saturated heterocycles. The van der Waals surface area contributed by atoms with E-state index in [0.29, 0.717) is 18.9 Å². The summed E-state index contributed by atoms with van der Waals surface area (Å²) < 4.78 is 5.62. The highest BCUT2D eigenvalue weighted by molar-refractivity contribution is 7.10. The van der Waals surface area contributed by atoms with Gasteiger partial charge in [-0.1, -0.05) is 49.4 Å². The zero-order valence-corrected chi connectivity index (χ0v) is 18.4. The molecule has 5 nitrogen and oxygen atoms in total. The van der Waals surface area contributed by atoms with Gasteiger partial charge >= 0.3 is 0 Å². The van der Waals surface area contributed by atoms with E-state index in [-0.39, 0.29) is 30.7 Å². The lowest BCUT2D eigenvalue weighted by Crippen LogP contribution is -2.38. The van der Waals surface area contributed by atoms with E-state index in [9.17, 15) is 9.59 Å². The van der Waals surface area contributed by atoms with Gasteiger partial charge in [-0.05, 0) is 41.1 Å². The smallest absolute Gasteiger partial charge is 0.227 e. The second kappa shape index (κ2) is 9.79. The molecule has 1 atom stereocenters. The fourth-order valence-electron chi connectivity index (χ4n) is 3.74. The van der Waals surface area contributed by atoms with E-state index in [2.05, 4.69) is 36.5 Å². The zero-order chi connectivity index (χ0) is 21.6. The summed E-state index contributed by atoms with van der Waals surface area (Å²) in [7, 11) is 0. The number of hydrogen-bond acceptors (Lipinski definition) is 4. The van der Waals surface area contributed by atoms with Crippen LogP contribution in [0.15, 0.2) is 66.0 Å². The summed E-state index contributed by atoms with van der Waals surface area (Å²) in [5.74, 6) is 0.513. The number of ether oxygens (including phenoxy) is 1. The summed E-state index contributed by atoms with van der Waals surface area (Å²) in [4.78, 5) is 28.4. The molecule has 0 aliphatic carbocycles. The topological polar surface area (TPSA) is 58.6 Å². The number of para-hydroxylation sites is 2. The van der Waals surface area contributed by atoms with Crippen molar-refractivity contribution < 1.29 is 14.3 Å². The molecule has 0 saturated carbocycles. The van der Waals surface area contributed by atoms with Gasteiger partial charge in [0.25, 0.3) is 0 Å². The largest absolute Gasteiger partial charge is 0.490 e. The Bertz CT molecular complexity index is 1030. The number of rotatable bonds is 7. The van der Waals surface area contributed by atoms with E-state index in [1.807, 2.05) is 41.8 Å². The molecule has 0 bridgehead atoms. The van der Waals surface area contributed by atoms with E-state index in [1.165, 1.54) is 5.56 Å². The van der Waals surface area contributed by atoms with Crippen molar-refractivity contribution >= 4 is 28.8 Å². The van der Waals surface area contributed by atoms with Gasteiger partial charge in [0.05, 0.1) is 18.3 Å². The quantitative estimate of drug-likeness (QED) is 0.585. The first kappa shape index (κ1) is 21.1. The third kappa shape index (κ3) is 4.97. The highest BCUT2D eigenvalue weighted by Crippen LogP contribution is 2.31. The minimum atomic E-state index is -0.211. The molecule has 2 aromatic carbocycles. The van der Waals surface area contributed by atoms with Crippen LogP contribution >= 0.6 is 11.3 Å². The van der Waals surface area contributed by atoms with E-state index < -0.39 is 0 Å². The first-order valence-electron chi connectivity index (χ1n) is 10.6. The van der Waals surface area contributed by atoms with Gasteiger partial charge in [0.1, 0.15) is 12.4 Å². The van der Waals surface area contributed by atoms with Crippen LogP contribution in [0.25, 0.3) is 0 Å². The fourth-order valence-corrected chi connectivity index (χ4v) is 4.54. The normalized spacial score (nSPS) is 13.8. The molecule has 0 radical (unpaired) electrons. The molecule has 2 heterocycles. The van der Waals surface area contributed by atoms with E-state index in [0.717, 1.165) is 22.5 Å². The number of hydrogen-bond donors (Lipinski definition) is 1. The van der Waals surface area contributed by atoms with Gasteiger partial charge < -0.3 is 15.0 Å². The highest BCUT2D eigenvalue weighted by Gasteiger charge is 2.24. The van der Waals surface area contributed by atoms with Crippen LogP contribution in [-0.4, -0.2) is 25.0 Å². The summed E-state index contributed by atoms with van der Waals surface area (Å²) in [6.07, 6.45) is 1.28. The van der Waals surface area contributed by atoms with Crippen LogP contribution in [-0.2, 0) is 16.0 Å². The lowest BCUT2D eigenvalue weighted by molar-refractivity contribution is -0.125. The molecule has 6 heteroatoms. The maximum absolute atomic E-state index is 12.8. The number of amides is 2. The van der Waals surface area contributed by atoms with Gasteiger partial charge in [0, 0.05) is 17.7 Å². The monoisotopic (exact) mass is 434 g/mol. The molecule has 160 valence electrons. The molecule has 3 aromatic rings. The van der Waals surface area contributed by atoms with Crippen LogP contribution in [0.1, 0.15) is 41.8 Å². The Labute approximate surface area is 186 Å². The van der Waals surface area contributed by atoms with Gasteiger partial charge in [0.15, 0.2) is 0 Å². The Morgan fingerprint density at radius 3 is 2.61 bits per heavy atom. The van der Waals surface area contributed by atoms with E-state index in [4.69, 9.17) is 4.74 Å². The van der Waals surface area contributed by atoms with Gasteiger partial charge in [-0.3, -0.25) is 9.59 Å². The highest BCUT2D eigenvalue weighted by atomic mass is 32.1. The van der Waals surface area contributed by atoms with Crippen molar-refractivity contribution in [3.63, 3.8) is 0 Å². The molecule has 31 heavy (non-hydrogen) atoms. The molecule has 0 spiro atoms. The number of thiophene rings is 1. The molecular weight excluding hydrogens is 408 g/mol. The van der Waals surface area contributed by atoms with Gasteiger partial charge in [-0.15, -0.1) is 11.3 Å². The third-order valence-corrected chi connectivity index (χ3v) is 6.39. The molecular formula is C25H26N2O3S. The summed E-state index contributed by atoms with van der Waals surface area (Å²) >= 11 is 1.61. The van der Waals surface area contributed by atoms with Crippen molar-refractivity contribution in [3.05, 3.63) is 82.0 Å². The van der Waals surface area contributed by atoms with Crippen molar-refractivity contribution in [2.24, 2.45) is 0 Å². The Balaban J connectivity index is 1.41. The molecule has 0 fully saturated rings. The van der Waals surface area contributed by atoms with Crippen LogP contribution in [0.3, 0.4) is 0 Å². The average molecular weight is 435 g/mol. The zero-order valence-electron chi connectivity index (χ0n) is 17.5. The molecule has 2 amide bonds. The Morgan fingerprint density at radius 1 is 1.06 bits per heavy atom. The molecule has 4 rings (SSSR count). The molecule has 1 unspecified atom stereocenters.